The van der Waals surface area contributed by atoms with E-state index in [2.05, 4.69) is 27.8 Å². The number of hydrogen-bond acceptors (Lipinski definition) is 1. The molecule has 0 aliphatic rings. The predicted octanol–water partition coefficient (Wildman–Crippen LogP) is 2.65. The average Bonchev–Trinajstić information content (AvgIpc) is 2.03. The molecule has 0 fully saturated rings. The molecule has 0 atom stereocenters. The Morgan fingerprint density at radius 3 is 2.83 bits per heavy atom. The summed E-state index contributed by atoms with van der Waals surface area (Å²) in [5.74, 6) is 4.91. The van der Waals surface area contributed by atoms with Gasteiger partial charge in [0.1, 0.15) is 0 Å². The van der Waals surface area contributed by atoms with Crippen molar-refractivity contribution >= 4 is 33.8 Å². The molecule has 0 amide bonds. The van der Waals surface area contributed by atoms with Crippen molar-refractivity contribution in [3.8, 4) is 11.8 Å². The van der Waals surface area contributed by atoms with Crippen molar-refractivity contribution < 1.29 is 4.79 Å². The first kappa shape index (κ1) is 9.31. The first-order valence-corrected chi connectivity index (χ1v) is 4.31. The number of hydrogen-bond donors (Lipinski definition) is 0. The Balaban J connectivity index is 3.09. The quantitative estimate of drug-likeness (QED) is 0.506. The van der Waals surface area contributed by atoms with Crippen LogP contribution < -0.4 is 0 Å². The highest BCUT2D eigenvalue weighted by atomic mass is 79.9. The fraction of sp³-hybridized carbons (Fsp3) is 0. The molecule has 0 N–H and O–H groups in total. The zero-order valence-electron chi connectivity index (χ0n) is 5.97. The largest absolute Gasteiger partial charge is 0.289 e. The summed E-state index contributed by atoms with van der Waals surface area (Å²) in [7, 11) is 0. The van der Waals surface area contributed by atoms with Gasteiger partial charge in [0.15, 0.2) is 6.29 Å². The molecule has 0 radical (unpaired) electrons. The average molecular weight is 243 g/mol. The van der Waals surface area contributed by atoms with Gasteiger partial charge in [0.2, 0.25) is 0 Å². The van der Waals surface area contributed by atoms with Crippen LogP contribution in [0.2, 0.25) is 5.02 Å². The fourth-order valence-electron chi connectivity index (χ4n) is 0.698. The molecule has 0 unspecified atom stereocenters. The standard InChI is InChI=1S/C9H4BrClO/c10-8-4-3-7(2-1-5-12)9(11)6-8/h3-6H. The minimum Gasteiger partial charge on any atom is -0.289 e. The molecular formula is C9H4BrClO. The number of halogens is 2. The topological polar surface area (TPSA) is 17.1 Å². The summed E-state index contributed by atoms with van der Waals surface area (Å²) in [5.41, 5.74) is 0.659. The molecule has 60 valence electrons. The number of benzene rings is 1. The minimum atomic E-state index is 0.540. The highest BCUT2D eigenvalue weighted by Crippen LogP contribution is 2.20. The summed E-state index contributed by atoms with van der Waals surface area (Å²) < 4.78 is 0.893. The van der Waals surface area contributed by atoms with Gasteiger partial charge in [-0.05, 0) is 24.1 Å². The van der Waals surface area contributed by atoms with Crippen molar-refractivity contribution in [3.63, 3.8) is 0 Å². The molecule has 3 heteroatoms. The Bertz CT molecular complexity index is 363. The molecule has 1 rings (SSSR count). The second kappa shape index (κ2) is 4.30. The lowest BCUT2D eigenvalue weighted by molar-refractivity contribution is -0.103. The van der Waals surface area contributed by atoms with E-state index in [1.54, 1.807) is 12.1 Å². The van der Waals surface area contributed by atoms with E-state index in [0.29, 0.717) is 16.9 Å². The van der Waals surface area contributed by atoms with E-state index in [4.69, 9.17) is 11.6 Å². The van der Waals surface area contributed by atoms with E-state index in [-0.39, 0.29) is 0 Å². The fourth-order valence-corrected chi connectivity index (χ4v) is 1.42. The maximum absolute atomic E-state index is 9.93. The third kappa shape index (κ3) is 2.37. The second-order valence-corrected chi connectivity index (χ2v) is 3.33. The van der Waals surface area contributed by atoms with Crippen molar-refractivity contribution in [3.05, 3.63) is 33.3 Å². The normalized spacial score (nSPS) is 8.50. The number of carbonyl (C=O) groups is 1. The van der Waals surface area contributed by atoms with Crippen molar-refractivity contribution in [2.24, 2.45) is 0 Å². The van der Waals surface area contributed by atoms with Gasteiger partial charge < -0.3 is 0 Å². The highest BCUT2D eigenvalue weighted by molar-refractivity contribution is 9.10. The first-order valence-electron chi connectivity index (χ1n) is 3.14. The summed E-state index contributed by atoms with van der Waals surface area (Å²) in [6.07, 6.45) is 0.540. The number of aldehydes is 1. The lowest BCUT2D eigenvalue weighted by Crippen LogP contribution is -1.76. The lowest BCUT2D eigenvalue weighted by Gasteiger charge is -1.94. The van der Waals surface area contributed by atoms with E-state index in [1.807, 2.05) is 6.07 Å². The maximum Gasteiger partial charge on any atom is 0.193 e. The van der Waals surface area contributed by atoms with Gasteiger partial charge in [0.25, 0.3) is 0 Å². The lowest BCUT2D eigenvalue weighted by atomic mass is 10.2. The third-order valence-corrected chi connectivity index (χ3v) is 2.00. The van der Waals surface area contributed by atoms with Crippen LogP contribution >= 0.6 is 27.5 Å². The summed E-state index contributed by atoms with van der Waals surface area (Å²) >= 11 is 9.08. The highest BCUT2D eigenvalue weighted by Gasteiger charge is 1.96. The van der Waals surface area contributed by atoms with Crippen molar-refractivity contribution in [1.29, 1.82) is 0 Å². The molecule has 0 aliphatic heterocycles. The SMILES string of the molecule is O=CC#Cc1ccc(Br)cc1Cl. The van der Waals surface area contributed by atoms with Gasteiger partial charge in [-0.15, -0.1) is 0 Å². The Hall–Kier alpha value is -0.780. The number of carbonyl (C=O) groups excluding carboxylic acids is 1. The van der Waals surface area contributed by atoms with Crippen LogP contribution in [0.1, 0.15) is 5.56 Å². The third-order valence-electron chi connectivity index (χ3n) is 1.20. The summed E-state index contributed by atoms with van der Waals surface area (Å²) in [5, 5.41) is 0.540. The van der Waals surface area contributed by atoms with Crippen LogP contribution in [0.15, 0.2) is 22.7 Å². The van der Waals surface area contributed by atoms with Gasteiger partial charge in [0, 0.05) is 10.0 Å². The van der Waals surface area contributed by atoms with E-state index < -0.39 is 0 Å². The monoisotopic (exact) mass is 242 g/mol. The van der Waals surface area contributed by atoms with Gasteiger partial charge in [-0.2, -0.15) is 0 Å². The van der Waals surface area contributed by atoms with Crippen LogP contribution in [-0.2, 0) is 4.79 Å². The molecule has 0 aromatic heterocycles. The second-order valence-electron chi connectivity index (χ2n) is 2.01. The van der Waals surface area contributed by atoms with Crippen LogP contribution in [0.4, 0.5) is 0 Å². The Morgan fingerprint density at radius 1 is 1.50 bits per heavy atom. The summed E-state index contributed by atoms with van der Waals surface area (Å²) in [4.78, 5) is 9.93. The zero-order chi connectivity index (χ0) is 8.97. The Labute approximate surface area is 83.9 Å². The summed E-state index contributed by atoms with van der Waals surface area (Å²) in [6.45, 7) is 0. The van der Waals surface area contributed by atoms with Gasteiger partial charge >= 0.3 is 0 Å². The van der Waals surface area contributed by atoms with E-state index in [0.717, 1.165) is 4.47 Å². The molecule has 1 aromatic carbocycles. The molecule has 1 aromatic rings. The van der Waals surface area contributed by atoms with Crippen LogP contribution in [-0.4, -0.2) is 6.29 Å². The van der Waals surface area contributed by atoms with Gasteiger partial charge in [-0.1, -0.05) is 33.5 Å². The first-order chi connectivity index (χ1) is 5.74. The molecule has 0 bridgehead atoms. The summed E-state index contributed by atoms with van der Waals surface area (Å²) in [6, 6.07) is 5.31. The molecule has 0 aliphatic carbocycles. The molecule has 0 saturated carbocycles. The zero-order valence-corrected chi connectivity index (χ0v) is 8.32. The van der Waals surface area contributed by atoms with Crippen LogP contribution in [0, 0.1) is 11.8 Å². The van der Waals surface area contributed by atoms with Crippen LogP contribution in [0.25, 0.3) is 0 Å². The van der Waals surface area contributed by atoms with Crippen molar-refractivity contribution in [2.45, 2.75) is 0 Å². The van der Waals surface area contributed by atoms with E-state index in [9.17, 15) is 4.79 Å². The van der Waals surface area contributed by atoms with E-state index >= 15 is 0 Å². The van der Waals surface area contributed by atoms with Crippen molar-refractivity contribution in [1.82, 2.24) is 0 Å². The molecule has 0 heterocycles. The number of rotatable bonds is 0. The van der Waals surface area contributed by atoms with Gasteiger partial charge in [-0.25, -0.2) is 0 Å². The van der Waals surface area contributed by atoms with Gasteiger partial charge in [-0.3, -0.25) is 4.79 Å². The maximum atomic E-state index is 9.93. The molecular weight excluding hydrogens is 239 g/mol. The Kier molecular flexibility index (Phi) is 3.33. The molecule has 0 spiro atoms. The Morgan fingerprint density at radius 2 is 2.25 bits per heavy atom. The smallest absolute Gasteiger partial charge is 0.193 e. The van der Waals surface area contributed by atoms with E-state index in [1.165, 1.54) is 0 Å². The minimum absolute atomic E-state index is 0.540. The van der Waals surface area contributed by atoms with Crippen molar-refractivity contribution in [2.75, 3.05) is 0 Å². The van der Waals surface area contributed by atoms with Crippen LogP contribution in [0.5, 0.6) is 0 Å². The molecule has 1 nitrogen and oxygen atoms in total. The predicted molar refractivity (Wildman–Crippen MR) is 52.1 cm³/mol. The van der Waals surface area contributed by atoms with Gasteiger partial charge in [0.05, 0.1) is 5.02 Å². The van der Waals surface area contributed by atoms with Crippen LogP contribution in [0.3, 0.4) is 0 Å². The molecule has 0 saturated heterocycles. The molecule has 12 heavy (non-hydrogen) atoms.